The van der Waals surface area contributed by atoms with Gasteiger partial charge < -0.3 is 10.3 Å². The molecule has 2 heterocycles. The predicted octanol–water partition coefficient (Wildman–Crippen LogP) is 4.00. The van der Waals surface area contributed by atoms with Gasteiger partial charge in [-0.3, -0.25) is 9.59 Å². The van der Waals surface area contributed by atoms with Crippen LogP contribution < -0.4 is 10.9 Å². The number of benzene rings is 1. The Morgan fingerprint density at radius 3 is 3.07 bits per heavy atom. The molecule has 0 unspecified atom stereocenters. The fourth-order valence-electron chi connectivity index (χ4n) is 3.47. The van der Waals surface area contributed by atoms with Gasteiger partial charge in [-0.1, -0.05) is 6.07 Å². The highest BCUT2D eigenvalue weighted by atomic mass is 32.2. The van der Waals surface area contributed by atoms with Crippen LogP contribution in [0.5, 0.6) is 0 Å². The fraction of sp³-hybridized carbons (Fsp3) is 0.333. The summed E-state index contributed by atoms with van der Waals surface area (Å²) in [5, 5.41) is 12.2. The summed E-state index contributed by atoms with van der Waals surface area (Å²) in [6.07, 6.45) is 4.28. The summed E-state index contributed by atoms with van der Waals surface area (Å²) in [5.41, 5.74) is 2.20. The van der Waals surface area contributed by atoms with E-state index in [4.69, 9.17) is 5.26 Å². The Hall–Kier alpha value is -2.63. The zero-order valence-electron chi connectivity index (χ0n) is 15.9. The van der Waals surface area contributed by atoms with Crippen LogP contribution in [0.4, 0.5) is 5.69 Å². The smallest absolute Gasteiger partial charge is 0.259 e. The summed E-state index contributed by atoms with van der Waals surface area (Å²) in [4.78, 5) is 34.7. The molecule has 1 aromatic carbocycles. The summed E-state index contributed by atoms with van der Waals surface area (Å²) >= 11 is 3.04. The van der Waals surface area contributed by atoms with Gasteiger partial charge in [-0.2, -0.15) is 5.26 Å². The highest BCUT2D eigenvalue weighted by Gasteiger charge is 2.20. The van der Waals surface area contributed by atoms with Crippen LogP contribution in [0, 0.1) is 11.3 Å². The van der Waals surface area contributed by atoms with E-state index < -0.39 is 0 Å². The van der Waals surface area contributed by atoms with E-state index in [-0.39, 0.29) is 16.7 Å². The van der Waals surface area contributed by atoms with Crippen molar-refractivity contribution in [2.75, 3.05) is 5.32 Å². The molecular weight excluding hydrogens is 404 g/mol. The Balaban J connectivity index is 1.44. The number of hydrogen-bond donors (Lipinski definition) is 2. The van der Waals surface area contributed by atoms with Gasteiger partial charge in [0, 0.05) is 10.6 Å². The number of amides is 1. The molecule has 6 nitrogen and oxygen atoms in total. The minimum Gasteiger partial charge on any atom is -0.325 e. The van der Waals surface area contributed by atoms with E-state index in [0.717, 1.165) is 29.5 Å². The van der Waals surface area contributed by atoms with Crippen LogP contribution in [0.25, 0.3) is 10.2 Å². The van der Waals surface area contributed by atoms with E-state index in [1.54, 1.807) is 35.6 Å². The van der Waals surface area contributed by atoms with Crippen LogP contribution >= 0.6 is 23.1 Å². The van der Waals surface area contributed by atoms with Crippen molar-refractivity contribution in [2.24, 2.45) is 0 Å². The van der Waals surface area contributed by atoms with Crippen molar-refractivity contribution in [3.8, 4) is 6.07 Å². The van der Waals surface area contributed by atoms with Crippen LogP contribution in [0.15, 0.2) is 29.1 Å². The number of anilines is 1. The summed E-state index contributed by atoms with van der Waals surface area (Å²) in [7, 11) is 0. The van der Waals surface area contributed by atoms with E-state index >= 15 is 0 Å². The molecule has 148 valence electrons. The second-order valence-electron chi connectivity index (χ2n) is 7.04. The number of aryl methyl sites for hydroxylation is 2. The summed E-state index contributed by atoms with van der Waals surface area (Å²) in [6.45, 7) is 1.81. The Morgan fingerprint density at radius 2 is 2.24 bits per heavy atom. The Morgan fingerprint density at radius 1 is 1.41 bits per heavy atom. The first-order valence-corrected chi connectivity index (χ1v) is 11.4. The minimum absolute atomic E-state index is 0.0737. The average Bonchev–Trinajstić information content (AvgIpc) is 3.11. The lowest BCUT2D eigenvalue weighted by Gasteiger charge is -2.12. The number of nitrogens with one attached hydrogen (secondary N) is 2. The lowest BCUT2D eigenvalue weighted by Crippen LogP contribution is -2.23. The average molecular weight is 425 g/mol. The van der Waals surface area contributed by atoms with Crippen LogP contribution in [0.3, 0.4) is 0 Å². The molecule has 1 aliphatic rings. The van der Waals surface area contributed by atoms with Gasteiger partial charge in [0.2, 0.25) is 5.91 Å². The lowest BCUT2D eigenvalue weighted by atomic mass is 9.97. The number of carbonyl (C=O) groups is 1. The molecule has 0 spiro atoms. The molecule has 1 atom stereocenters. The van der Waals surface area contributed by atoms with Gasteiger partial charge >= 0.3 is 0 Å². The third kappa shape index (κ3) is 4.21. The van der Waals surface area contributed by atoms with E-state index in [0.29, 0.717) is 22.8 Å². The van der Waals surface area contributed by atoms with Crippen molar-refractivity contribution in [3.63, 3.8) is 0 Å². The Labute approximate surface area is 176 Å². The van der Waals surface area contributed by atoms with Gasteiger partial charge in [0.25, 0.3) is 5.56 Å². The first-order valence-electron chi connectivity index (χ1n) is 9.51. The van der Waals surface area contributed by atoms with E-state index in [1.807, 2.05) is 6.92 Å². The molecular formula is C21H20N4O2S2. The molecule has 1 amide bonds. The van der Waals surface area contributed by atoms with Crippen LogP contribution in [-0.4, -0.2) is 21.1 Å². The highest BCUT2D eigenvalue weighted by molar-refractivity contribution is 7.99. The summed E-state index contributed by atoms with van der Waals surface area (Å²) < 4.78 is 0. The Bertz CT molecular complexity index is 1180. The molecule has 4 rings (SSSR count). The quantitative estimate of drug-likeness (QED) is 0.645. The largest absolute Gasteiger partial charge is 0.325 e. The number of nitriles is 1. The number of fused-ring (bicyclic) bond motifs is 3. The maximum Gasteiger partial charge on any atom is 0.259 e. The SMILES string of the molecule is C[C@H](SCc1nc2sc3c(c2c(=O)[nH]1)CCCC3)C(=O)Nc1cccc(C#N)c1. The molecule has 0 saturated carbocycles. The number of carbonyl (C=O) groups excluding carboxylic acids is 1. The van der Waals surface area contributed by atoms with E-state index in [9.17, 15) is 9.59 Å². The minimum atomic E-state index is -0.335. The number of rotatable bonds is 5. The molecule has 0 fully saturated rings. The number of thioether (sulfide) groups is 1. The molecule has 2 aromatic heterocycles. The van der Waals surface area contributed by atoms with Crippen molar-refractivity contribution in [1.29, 1.82) is 5.26 Å². The predicted molar refractivity (Wildman–Crippen MR) is 117 cm³/mol. The van der Waals surface area contributed by atoms with Crippen molar-refractivity contribution in [3.05, 3.63) is 56.4 Å². The zero-order chi connectivity index (χ0) is 20.4. The second-order valence-corrected chi connectivity index (χ2v) is 9.45. The monoisotopic (exact) mass is 424 g/mol. The molecule has 2 N–H and O–H groups in total. The van der Waals surface area contributed by atoms with Crippen LogP contribution in [0.1, 0.15) is 41.6 Å². The van der Waals surface area contributed by atoms with Crippen LogP contribution in [-0.2, 0) is 23.4 Å². The van der Waals surface area contributed by atoms with Crippen molar-refractivity contribution in [1.82, 2.24) is 9.97 Å². The third-order valence-corrected chi connectivity index (χ3v) is 7.31. The Kier molecular flexibility index (Phi) is 5.69. The first-order chi connectivity index (χ1) is 14.0. The topological polar surface area (TPSA) is 98.6 Å². The molecule has 3 aromatic rings. The normalized spacial score (nSPS) is 14.2. The maximum absolute atomic E-state index is 12.6. The van der Waals surface area contributed by atoms with Gasteiger partial charge in [-0.05, 0) is 56.4 Å². The molecule has 0 saturated heterocycles. The number of hydrogen-bond acceptors (Lipinski definition) is 6. The number of aromatic amines is 1. The van der Waals surface area contributed by atoms with Crippen molar-refractivity contribution < 1.29 is 4.79 Å². The molecule has 0 aliphatic heterocycles. The molecule has 0 bridgehead atoms. The first kappa shape index (κ1) is 19.7. The number of thiophene rings is 1. The second kappa shape index (κ2) is 8.39. The van der Waals surface area contributed by atoms with Gasteiger partial charge in [0.05, 0.1) is 28.0 Å². The van der Waals surface area contributed by atoms with E-state index in [2.05, 4.69) is 21.4 Å². The molecule has 29 heavy (non-hydrogen) atoms. The third-order valence-electron chi connectivity index (χ3n) is 4.97. The van der Waals surface area contributed by atoms with Crippen LogP contribution in [0.2, 0.25) is 0 Å². The fourth-order valence-corrected chi connectivity index (χ4v) is 5.50. The van der Waals surface area contributed by atoms with E-state index in [1.165, 1.54) is 28.6 Å². The standard InChI is InChI=1S/C21H20N4O2S2/c1-12(19(26)23-14-6-4-5-13(9-14)10-22)28-11-17-24-20(27)18-15-7-2-3-8-16(15)29-21(18)25-17/h4-6,9,12H,2-3,7-8,11H2,1H3,(H,23,26)(H,24,25,27)/t12-/m0/s1. The van der Waals surface area contributed by atoms with Gasteiger partial charge in [-0.15, -0.1) is 23.1 Å². The number of aromatic nitrogens is 2. The summed E-state index contributed by atoms with van der Waals surface area (Å²) in [6, 6.07) is 8.87. The van der Waals surface area contributed by atoms with Gasteiger partial charge in [0.15, 0.2) is 0 Å². The van der Waals surface area contributed by atoms with Crippen molar-refractivity contribution in [2.45, 2.75) is 43.6 Å². The molecule has 1 aliphatic carbocycles. The molecule has 8 heteroatoms. The van der Waals surface area contributed by atoms with Crippen molar-refractivity contribution >= 4 is 44.9 Å². The zero-order valence-corrected chi connectivity index (χ0v) is 17.6. The molecule has 0 radical (unpaired) electrons. The highest BCUT2D eigenvalue weighted by Crippen LogP contribution is 2.33. The number of nitrogens with zero attached hydrogens (tertiary/aromatic N) is 2. The lowest BCUT2D eigenvalue weighted by molar-refractivity contribution is -0.115. The number of H-pyrrole nitrogens is 1. The maximum atomic E-state index is 12.6. The van der Waals surface area contributed by atoms with Gasteiger partial charge in [-0.25, -0.2) is 4.98 Å². The summed E-state index contributed by atoms with van der Waals surface area (Å²) in [5.74, 6) is 0.887. The van der Waals surface area contributed by atoms with Gasteiger partial charge in [0.1, 0.15) is 10.7 Å².